The van der Waals surface area contributed by atoms with Crippen LogP contribution in [0.4, 0.5) is 0 Å². The monoisotopic (exact) mass is 362 g/mol. The van der Waals surface area contributed by atoms with Crippen molar-refractivity contribution in [3.05, 3.63) is 34.9 Å². The van der Waals surface area contributed by atoms with E-state index in [1.54, 1.807) is 17.0 Å². The minimum atomic E-state index is -0.551. The number of rotatable bonds is 4. The molecule has 4 nitrogen and oxygen atoms in total. The SMILES string of the molecule is O=C(NC1CCCCC1)C(c1ccc(Cl)cc1)N1CCCCCC1=O. The van der Waals surface area contributed by atoms with Crippen molar-refractivity contribution in [3.8, 4) is 0 Å². The van der Waals surface area contributed by atoms with E-state index >= 15 is 0 Å². The Morgan fingerprint density at radius 1 is 1.04 bits per heavy atom. The number of amides is 2. The van der Waals surface area contributed by atoms with Crippen LogP contribution in [-0.2, 0) is 9.59 Å². The molecule has 1 unspecified atom stereocenters. The van der Waals surface area contributed by atoms with Crippen molar-refractivity contribution in [1.82, 2.24) is 10.2 Å². The van der Waals surface area contributed by atoms with Crippen LogP contribution < -0.4 is 5.32 Å². The second-order valence-electron chi connectivity index (χ2n) is 7.20. The Bertz CT molecular complexity index is 596. The van der Waals surface area contributed by atoms with Crippen molar-refractivity contribution in [2.24, 2.45) is 0 Å². The molecule has 2 aliphatic rings. The highest BCUT2D eigenvalue weighted by atomic mass is 35.5. The van der Waals surface area contributed by atoms with Gasteiger partial charge in [-0.2, -0.15) is 0 Å². The van der Waals surface area contributed by atoms with Gasteiger partial charge >= 0.3 is 0 Å². The van der Waals surface area contributed by atoms with Gasteiger partial charge in [0.05, 0.1) is 0 Å². The summed E-state index contributed by atoms with van der Waals surface area (Å²) in [5, 5.41) is 3.84. The molecule has 0 radical (unpaired) electrons. The van der Waals surface area contributed by atoms with E-state index in [4.69, 9.17) is 11.6 Å². The number of hydrogen-bond acceptors (Lipinski definition) is 2. The fraction of sp³-hybridized carbons (Fsp3) is 0.600. The van der Waals surface area contributed by atoms with Crippen LogP contribution in [0.2, 0.25) is 5.02 Å². The molecule has 1 saturated heterocycles. The molecule has 1 atom stereocenters. The molecule has 1 aromatic rings. The summed E-state index contributed by atoms with van der Waals surface area (Å²) in [5.74, 6) is 0.0284. The van der Waals surface area contributed by atoms with Gasteiger partial charge in [0.2, 0.25) is 11.8 Å². The molecule has 0 bridgehead atoms. The van der Waals surface area contributed by atoms with Gasteiger partial charge < -0.3 is 10.2 Å². The number of nitrogens with one attached hydrogen (secondary N) is 1. The Morgan fingerprint density at radius 3 is 2.44 bits per heavy atom. The minimum Gasteiger partial charge on any atom is -0.351 e. The van der Waals surface area contributed by atoms with E-state index in [0.717, 1.165) is 37.7 Å². The van der Waals surface area contributed by atoms with Crippen LogP contribution in [0.3, 0.4) is 0 Å². The molecule has 1 heterocycles. The molecule has 1 aliphatic carbocycles. The fourth-order valence-corrected chi connectivity index (χ4v) is 4.05. The van der Waals surface area contributed by atoms with Crippen molar-refractivity contribution < 1.29 is 9.59 Å². The predicted molar refractivity (Wildman–Crippen MR) is 99.4 cm³/mol. The van der Waals surface area contributed by atoms with Crippen LogP contribution in [0.25, 0.3) is 0 Å². The van der Waals surface area contributed by atoms with E-state index in [0.29, 0.717) is 18.0 Å². The number of halogens is 1. The van der Waals surface area contributed by atoms with E-state index in [2.05, 4.69) is 5.32 Å². The normalized spacial score (nSPS) is 20.8. The zero-order valence-electron chi connectivity index (χ0n) is 14.7. The molecule has 25 heavy (non-hydrogen) atoms. The lowest BCUT2D eigenvalue weighted by Gasteiger charge is -2.32. The highest BCUT2D eigenvalue weighted by molar-refractivity contribution is 6.30. The Hall–Kier alpha value is -1.55. The number of carbonyl (C=O) groups is 2. The van der Waals surface area contributed by atoms with Crippen molar-refractivity contribution in [3.63, 3.8) is 0 Å². The molecule has 3 rings (SSSR count). The molecule has 1 saturated carbocycles. The van der Waals surface area contributed by atoms with Gasteiger partial charge in [-0.3, -0.25) is 9.59 Å². The first-order valence-electron chi connectivity index (χ1n) is 9.50. The van der Waals surface area contributed by atoms with E-state index < -0.39 is 6.04 Å². The quantitative estimate of drug-likeness (QED) is 0.871. The summed E-state index contributed by atoms with van der Waals surface area (Å²) in [4.78, 5) is 27.5. The molecule has 2 fully saturated rings. The third kappa shape index (κ3) is 4.75. The van der Waals surface area contributed by atoms with Gasteiger partial charge in [-0.15, -0.1) is 0 Å². The lowest BCUT2D eigenvalue weighted by Crippen LogP contribution is -2.47. The summed E-state index contributed by atoms with van der Waals surface area (Å²) in [7, 11) is 0. The molecule has 2 amide bonds. The first kappa shape index (κ1) is 18.2. The van der Waals surface area contributed by atoms with E-state index in [1.807, 2.05) is 12.1 Å². The molecule has 1 aliphatic heterocycles. The average molecular weight is 363 g/mol. The molecular formula is C20H27ClN2O2. The van der Waals surface area contributed by atoms with Gasteiger partial charge in [0, 0.05) is 24.0 Å². The zero-order valence-corrected chi connectivity index (χ0v) is 15.4. The highest BCUT2D eigenvalue weighted by Gasteiger charge is 2.33. The van der Waals surface area contributed by atoms with Crippen molar-refractivity contribution in [2.75, 3.05) is 6.54 Å². The van der Waals surface area contributed by atoms with Crippen LogP contribution in [0.15, 0.2) is 24.3 Å². The van der Waals surface area contributed by atoms with Crippen molar-refractivity contribution in [2.45, 2.75) is 69.9 Å². The molecule has 5 heteroatoms. The second-order valence-corrected chi connectivity index (χ2v) is 7.63. The van der Waals surface area contributed by atoms with Gasteiger partial charge in [-0.05, 0) is 43.4 Å². The minimum absolute atomic E-state index is 0.0514. The predicted octanol–water partition coefficient (Wildman–Crippen LogP) is 4.23. The molecule has 136 valence electrons. The van der Waals surface area contributed by atoms with Gasteiger partial charge in [0.25, 0.3) is 0 Å². The largest absolute Gasteiger partial charge is 0.351 e. The number of likely N-dealkylation sites (tertiary alicyclic amines) is 1. The smallest absolute Gasteiger partial charge is 0.247 e. The summed E-state index contributed by atoms with van der Waals surface area (Å²) in [5.41, 5.74) is 0.841. The first-order valence-corrected chi connectivity index (χ1v) is 9.88. The van der Waals surface area contributed by atoms with Gasteiger partial charge in [-0.25, -0.2) is 0 Å². The molecule has 1 aromatic carbocycles. The third-order valence-corrected chi connectivity index (χ3v) is 5.56. The van der Waals surface area contributed by atoms with Crippen LogP contribution in [-0.4, -0.2) is 29.3 Å². The Balaban J connectivity index is 1.83. The average Bonchev–Trinajstić information content (AvgIpc) is 2.83. The van der Waals surface area contributed by atoms with Gasteiger partial charge in [0.15, 0.2) is 0 Å². The second kappa shape index (κ2) is 8.70. The number of hydrogen-bond donors (Lipinski definition) is 1. The maximum Gasteiger partial charge on any atom is 0.247 e. The van der Waals surface area contributed by atoms with Crippen molar-refractivity contribution in [1.29, 1.82) is 0 Å². The number of benzene rings is 1. The maximum atomic E-state index is 13.1. The third-order valence-electron chi connectivity index (χ3n) is 5.31. The van der Waals surface area contributed by atoms with Crippen LogP contribution >= 0.6 is 11.6 Å². The molecule has 1 N–H and O–H groups in total. The molecular weight excluding hydrogens is 336 g/mol. The lowest BCUT2D eigenvalue weighted by molar-refractivity contribution is -0.140. The first-order chi connectivity index (χ1) is 12.1. The van der Waals surface area contributed by atoms with Gasteiger partial charge in [-0.1, -0.05) is 49.4 Å². The summed E-state index contributed by atoms with van der Waals surface area (Å²) < 4.78 is 0. The topological polar surface area (TPSA) is 49.4 Å². The Labute approximate surface area is 154 Å². The van der Waals surface area contributed by atoms with E-state index in [1.165, 1.54) is 19.3 Å². The van der Waals surface area contributed by atoms with Crippen LogP contribution in [0.5, 0.6) is 0 Å². The molecule has 0 spiro atoms. The van der Waals surface area contributed by atoms with Crippen LogP contribution in [0.1, 0.15) is 69.4 Å². The summed E-state index contributed by atoms with van der Waals surface area (Å²) in [6, 6.07) is 7.00. The summed E-state index contributed by atoms with van der Waals surface area (Å²) >= 11 is 6.01. The lowest BCUT2D eigenvalue weighted by atomic mass is 9.94. The summed E-state index contributed by atoms with van der Waals surface area (Å²) in [6.45, 7) is 0.643. The number of carbonyl (C=O) groups excluding carboxylic acids is 2. The van der Waals surface area contributed by atoms with E-state index in [-0.39, 0.29) is 17.9 Å². The fourth-order valence-electron chi connectivity index (χ4n) is 3.92. The van der Waals surface area contributed by atoms with E-state index in [9.17, 15) is 9.59 Å². The van der Waals surface area contributed by atoms with Crippen LogP contribution in [0, 0.1) is 0 Å². The highest BCUT2D eigenvalue weighted by Crippen LogP contribution is 2.27. The zero-order chi connectivity index (χ0) is 17.6. The maximum absolute atomic E-state index is 13.1. The number of nitrogens with zero attached hydrogens (tertiary/aromatic N) is 1. The standard InChI is InChI=1S/C20H27ClN2O2/c21-16-12-10-15(11-13-16)19(23-14-6-2-5-9-18(23)24)20(25)22-17-7-3-1-4-8-17/h10-13,17,19H,1-9,14H2,(H,22,25). The van der Waals surface area contributed by atoms with Gasteiger partial charge in [0.1, 0.15) is 6.04 Å². The molecule has 0 aromatic heterocycles. The Morgan fingerprint density at radius 2 is 1.72 bits per heavy atom. The Kier molecular flexibility index (Phi) is 6.35. The summed E-state index contributed by atoms with van der Waals surface area (Å²) in [6.07, 6.45) is 9.08. The van der Waals surface area contributed by atoms with Crippen molar-refractivity contribution >= 4 is 23.4 Å².